The van der Waals surface area contributed by atoms with Crippen LogP contribution in [0.5, 0.6) is 28.7 Å². The third kappa shape index (κ3) is 6.41. The first-order valence-electron chi connectivity index (χ1n) is 11.9. The van der Waals surface area contributed by atoms with Gasteiger partial charge in [-0.15, -0.1) is 0 Å². The molecule has 0 aromatic heterocycles. The van der Waals surface area contributed by atoms with Crippen molar-refractivity contribution in [2.24, 2.45) is 5.92 Å². The summed E-state index contributed by atoms with van der Waals surface area (Å²) < 4.78 is 28.4. The van der Waals surface area contributed by atoms with Crippen molar-refractivity contribution in [2.75, 3.05) is 35.0 Å². The molecular weight excluding hydrogens is 440 g/mol. The highest BCUT2D eigenvalue weighted by molar-refractivity contribution is 6.30. The van der Waals surface area contributed by atoms with Gasteiger partial charge in [0.25, 0.3) is 0 Å². The molecule has 0 saturated carbocycles. The lowest BCUT2D eigenvalue weighted by molar-refractivity contribution is 0.303. The van der Waals surface area contributed by atoms with Gasteiger partial charge in [-0.05, 0) is 55.9 Å². The van der Waals surface area contributed by atoms with Crippen molar-refractivity contribution in [1.29, 1.82) is 0 Å². The van der Waals surface area contributed by atoms with E-state index in [0.717, 1.165) is 48.1 Å². The lowest BCUT2D eigenvalue weighted by Gasteiger charge is -2.19. The maximum atomic E-state index is 5.90. The number of benzene rings is 2. The summed E-state index contributed by atoms with van der Waals surface area (Å²) in [4.78, 5) is 0. The van der Waals surface area contributed by atoms with Crippen molar-refractivity contribution in [2.45, 2.75) is 57.8 Å². The number of unbranched alkanes of at least 4 members (excludes halogenated alkanes) is 5. The zero-order valence-electron chi connectivity index (χ0n) is 20.4. The first-order valence-corrected chi connectivity index (χ1v) is 12.3. The highest BCUT2D eigenvalue weighted by Gasteiger charge is 2.33. The molecule has 0 radical (unpaired) electrons. The van der Waals surface area contributed by atoms with Crippen LogP contribution in [0, 0.1) is 5.92 Å². The van der Waals surface area contributed by atoms with Gasteiger partial charge in [-0.25, -0.2) is 0 Å². The molecule has 0 bridgehead atoms. The van der Waals surface area contributed by atoms with Gasteiger partial charge in [0.05, 0.1) is 35.0 Å². The predicted molar refractivity (Wildman–Crippen MR) is 133 cm³/mol. The van der Waals surface area contributed by atoms with E-state index in [1.807, 2.05) is 24.3 Å². The average Bonchev–Trinajstić information content (AvgIpc) is 3.25. The van der Waals surface area contributed by atoms with Gasteiger partial charge in [0.15, 0.2) is 11.5 Å². The lowest BCUT2D eigenvalue weighted by atomic mass is 9.97. The van der Waals surface area contributed by atoms with E-state index >= 15 is 0 Å². The van der Waals surface area contributed by atoms with Crippen molar-refractivity contribution in [1.82, 2.24) is 0 Å². The molecule has 1 aliphatic rings. The Hall–Kier alpha value is -2.27. The monoisotopic (exact) mass is 476 g/mol. The first kappa shape index (κ1) is 25.4. The van der Waals surface area contributed by atoms with E-state index in [4.69, 9.17) is 35.3 Å². The summed E-state index contributed by atoms with van der Waals surface area (Å²) in [5.41, 5.74) is 2.41. The average molecular weight is 477 g/mol. The molecular formula is C27H37ClO5. The van der Waals surface area contributed by atoms with E-state index in [1.54, 1.807) is 28.4 Å². The molecule has 5 nitrogen and oxygen atoms in total. The van der Waals surface area contributed by atoms with Crippen LogP contribution in [0.25, 0.3) is 0 Å². The Morgan fingerprint density at radius 2 is 1.15 bits per heavy atom. The van der Waals surface area contributed by atoms with Crippen LogP contribution in [-0.2, 0) is 12.8 Å². The van der Waals surface area contributed by atoms with Gasteiger partial charge in [0, 0.05) is 16.1 Å². The van der Waals surface area contributed by atoms with E-state index in [0.29, 0.717) is 17.4 Å². The Bertz CT molecular complexity index is 840. The minimum absolute atomic E-state index is 0.604. The fourth-order valence-corrected chi connectivity index (χ4v) is 4.93. The quantitative estimate of drug-likeness (QED) is 0.277. The number of methoxy groups -OCH3 is 4. The second kappa shape index (κ2) is 12.8. The Morgan fingerprint density at radius 1 is 0.667 bits per heavy atom. The highest BCUT2D eigenvalue weighted by Crippen LogP contribution is 2.53. The molecule has 33 heavy (non-hydrogen) atoms. The molecule has 0 fully saturated rings. The molecule has 2 aromatic carbocycles. The van der Waals surface area contributed by atoms with Gasteiger partial charge >= 0.3 is 0 Å². The smallest absolute Gasteiger partial charge is 0.207 e. The predicted octanol–water partition coefficient (Wildman–Crippen LogP) is 6.90. The normalized spacial score (nSPS) is 13.0. The number of hydrogen-bond acceptors (Lipinski definition) is 5. The maximum absolute atomic E-state index is 5.90. The van der Waals surface area contributed by atoms with Crippen molar-refractivity contribution in [3.8, 4) is 28.7 Å². The van der Waals surface area contributed by atoms with Crippen LogP contribution in [0.2, 0.25) is 5.02 Å². The van der Waals surface area contributed by atoms with Crippen LogP contribution in [0.1, 0.15) is 56.1 Å². The molecule has 0 N–H and O–H groups in total. The molecule has 0 heterocycles. The van der Waals surface area contributed by atoms with Crippen LogP contribution in [-0.4, -0.2) is 35.0 Å². The standard InChI is InChI=1S/C27H37ClO5/c1-29-24-22-17-19(18-23(22)25(30-2)27(32-4)26(24)31-3)11-9-7-5-6-8-10-16-33-21-14-12-20(28)13-15-21/h12-15,19H,5-11,16-18H2,1-4H3. The van der Waals surface area contributed by atoms with E-state index in [2.05, 4.69) is 0 Å². The highest BCUT2D eigenvalue weighted by atomic mass is 35.5. The molecule has 6 heteroatoms. The van der Waals surface area contributed by atoms with Crippen molar-refractivity contribution in [3.63, 3.8) is 0 Å². The second-order valence-electron chi connectivity index (χ2n) is 8.58. The topological polar surface area (TPSA) is 46.2 Å². The van der Waals surface area contributed by atoms with Gasteiger partial charge in [-0.2, -0.15) is 0 Å². The minimum atomic E-state index is 0.604. The third-order valence-electron chi connectivity index (χ3n) is 6.42. The Balaban J connectivity index is 1.38. The molecule has 0 spiro atoms. The van der Waals surface area contributed by atoms with E-state index in [1.165, 1.54) is 49.7 Å². The Kier molecular flexibility index (Phi) is 9.86. The van der Waals surface area contributed by atoms with Gasteiger partial charge in [-0.1, -0.05) is 43.7 Å². The first-order chi connectivity index (χ1) is 16.1. The fourth-order valence-electron chi connectivity index (χ4n) is 4.81. The summed E-state index contributed by atoms with van der Waals surface area (Å²) in [7, 11) is 6.67. The maximum Gasteiger partial charge on any atom is 0.207 e. The zero-order chi connectivity index (χ0) is 23.6. The molecule has 3 rings (SSSR count). The number of fused-ring (bicyclic) bond motifs is 1. The minimum Gasteiger partial charge on any atom is -0.494 e. The van der Waals surface area contributed by atoms with Crippen molar-refractivity contribution >= 4 is 11.6 Å². The summed E-state index contributed by atoms with van der Waals surface area (Å²) in [6.45, 7) is 0.762. The largest absolute Gasteiger partial charge is 0.494 e. The molecule has 2 aromatic rings. The van der Waals surface area contributed by atoms with Crippen LogP contribution in [0.3, 0.4) is 0 Å². The summed E-state index contributed by atoms with van der Waals surface area (Å²) in [6, 6.07) is 7.56. The second-order valence-corrected chi connectivity index (χ2v) is 9.01. The number of ether oxygens (including phenoxy) is 5. The van der Waals surface area contributed by atoms with Crippen LogP contribution < -0.4 is 23.7 Å². The number of halogens is 1. The molecule has 0 amide bonds. The van der Waals surface area contributed by atoms with Gasteiger partial charge in [0.1, 0.15) is 5.75 Å². The van der Waals surface area contributed by atoms with E-state index in [-0.39, 0.29) is 0 Å². The number of rotatable bonds is 14. The van der Waals surface area contributed by atoms with Crippen molar-refractivity contribution < 1.29 is 23.7 Å². The summed E-state index contributed by atoms with van der Waals surface area (Å²) in [5, 5.41) is 0.738. The Morgan fingerprint density at radius 3 is 1.67 bits per heavy atom. The van der Waals surface area contributed by atoms with Gasteiger partial charge in [-0.3, -0.25) is 0 Å². The van der Waals surface area contributed by atoms with E-state index in [9.17, 15) is 0 Å². The van der Waals surface area contributed by atoms with Gasteiger partial charge in [0.2, 0.25) is 11.5 Å². The Labute approximate surface area is 203 Å². The summed E-state index contributed by atoms with van der Waals surface area (Å²) in [5.74, 6) is 4.31. The van der Waals surface area contributed by atoms with Crippen LogP contribution in [0.4, 0.5) is 0 Å². The SMILES string of the molecule is COc1c2c(c(OC)c(OC)c1OC)CC(CCCCCCCCOc1ccc(Cl)cc1)C2. The fraction of sp³-hybridized carbons (Fsp3) is 0.556. The van der Waals surface area contributed by atoms with Crippen molar-refractivity contribution in [3.05, 3.63) is 40.4 Å². The molecule has 0 saturated heterocycles. The summed E-state index contributed by atoms with van der Waals surface area (Å²) >= 11 is 5.90. The molecule has 0 aliphatic heterocycles. The number of hydrogen-bond donors (Lipinski definition) is 0. The molecule has 1 aliphatic carbocycles. The van der Waals surface area contributed by atoms with Crippen LogP contribution in [0.15, 0.2) is 24.3 Å². The summed E-state index contributed by atoms with van der Waals surface area (Å²) in [6.07, 6.45) is 10.5. The van der Waals surface area contributed by atoms with Gasteiger partial charge < -0.3 is 23.7 Å². The van der Waals surface area contributed by atoms with E-state index < -0.39 is 0 Å². The lowest BCUT2D eigenvalue weighted by Crippen LogP contribution is -2.02. The molecule has 0 atom stereocenters. The third-order valence-corrected chi connectivity index (χ3v) is 6.67. The van der Waals surface area contributed by atoms with Crippen LogP contribution >= 0.6 is 11.6 Å². The molecule has 0 unspecified atom stereocenters. The zero-order valence-corrected chi connectivity index (χ0v) is 21.1. The molecule has 182 valence electrons.